The number of hydrogen-bond donors (Lipinski definition) is 0. The molecule has 2 atom stereocenters. The second-order valence-electron chi connectivity index (χ2n) is 14.0. The largest absolute Gasteiger partial charge is 0.456 e. The van der Waals surface area contributed by atoms with Crippen molar-refractivity contribution in [3.05, 3.63) is 204 Å². The maximum Gasteiger partial charge on any atom is 0.135 e. The molecule has 0 bridgehead atoms. The number of rotatable bonds is 4. The molecule has 0 saturated carbocycles. The van der Waals surface area contributed by atoms with Crippen LogP contribution in [0.1, 0.15) is 34.3 Å². The van der Waals surface area contributed by atoms with E-state index in [9.17, 15) is 0 Å². The van der Waals surface area contributed by atoms with Crippen molar-refractivity contribution in [2.75, 3.05) is 4.90 Å². The van der Waals surface area contributed by atoms with Crippen LogP contribution in [0.2, 0.25) is 0 Å². The maximum atomic E-state index is 6.42. The van der Waals surface area contributed by atoms with Crippen LogP contribution in [0.5, 0.6) is 0 Å². The zero-order valence-electron chi connectivity index (χ0n) is 28.4. The summed E-state index contributed by atoms with van der Waals surface area (Å²) in [4.78, 5) is 2.43. The second kappa shape index (κ2) is 11.4. The molecule has 2 nitrogen and oxygen atoms in total. The lowest BCUT2D eigenvalue weighted by Crippen LogP contribution is -2.20. The average molecular weight is 664 g/mol. The number of para-hydroxylation sites is 2. The topological polar surface area (TPSA) is 16.4 Å². The second-order valence-corrected chi connectivity index (χ2v) is 14.0. The Labute approximate surface area is 302 Å². The van der Waals surface area contributed by atoms with E-state index >= 15 is 0 Å². The molecule has 0 saturated heterocycles. The Balaban J connectivity index is 1.11. The van der Waals surface area contributed by atoms with E-state index in [1.165, 1.54) is 65.9 Å². The molecule has 1 aromatic heterocycles. The fraction of sp³-hybridized carbons (Fsp3) is 0.0400. The van der Waals surface area contributed by atoms with E-state index in [-0.39, 0.29) is 11.8 Å². The summed E-state index contributed by atoms with van der Waals surface area (Å²) in [6.45, 7) is 0. The first-order valence-electron chi connectivity index (χ1n) is 18.1. The van der Waals surface area contributed by atoms with Gasteiger partial charge in [0.05, 0.1) is 5.69 Å². The first-order chi connectivity index (χ1) is 25.8. The van der Waals surface area contributed by atoms with Crippen LogP contribution < -0.4 is 4.90 Å². The molecule has 244 valence electrons. The van der Waals surface area contributed by atoms with Gasteiger partial charge in [0.15, 0.2) is 0 Å². The third kappa shape index (κ3) is 4.44. The Morgan fingerprint density at radius 1 is 0.462 bits per heavy atom. The Morgan fingerprint density at radius 2 is 1.08 bits per heavy atom. The van der Waals surface area contributed by atoms with Crippen LogP contribution in [0.3, 0.4) is 0 Å². The standard InChI is InChI=1S/C50H33NO/c1-3-13-34-29-37(24-21-32(34)11-1)51(38-25-22-33-12-2-4-14-35(33)30-38)46-19-9-7-15-39(46)36-23-26-41-40-16-5-6-17-42(40)49-43(45(41)31-36)27-28-48-50(49)44-18-8-10-20-47(44)52-48/h1-31,43,49H/t43-,49?/m0/s1. The fourth-order valence-electron chi connectivity index (χ4n) is 8.88. The highest BCUT2D eigenvalue weighted by Crippen LogP contribution is 2.56. The molecule has 9 aromatic rings. The molecule has 0 amide bonds. The Bertz CT molecular complexity index is 2810. The number of nitrogens with zero attached hydrogens (tertiary/aromatic N) is 1. The van der Waals surface area contributed by atoms with Gasteiger partial charge in [0, 0.05) is 39.7 Å². The van der Waals surface area contributed by atoms with E-state index in [1.54, 1.807) is 0 Å². The first-order valence-corrected chi connectivity index (χ1v) is 18.1. The zero-order chi connectivity index (χ0) is 34.2. The highest BCUT2D eigenvalue weighted by Gasteiger charge is 2.39. The monoisotopic (exact) mass is 663 g/mol. The van der Waals surface area contributed by atoms with Gasteiger partial charge >= 0.3 is 0 Å². The highest BCUT2D eigenvalue weighted by molar-refractivity contribution is 5.96. The maximum absolute atomic E-state index is 6.42. The van der Waals surface area contributed by atoms with E-state index < -0.39 is 0 Å². The van der Waals surface area contributed by atoms with Gasteiger partial charge in [-0.05, 0) is 97.9 Å². The molecule has 0 aliphatic heterocycles. The quantitative estimate of drug-likeness (QED) is 0.186. The summed E-state index contributed by atoms with van der Waals surface area (Å²) in [5.74, 6) is 1.33. The van der Waals surface area contributed by atoms with E-state index in [4.69, 9.17) is 4.42 Å². The van der Waals surface area contributed by atoms with Gasteiger partial charge < -0.3 is 9.32 Å². The van der Waals surface area contributed by atoms with Gasteiger partial charge in [-0.2, -0.15) is 0 Å². The number of allylic oxidation sites excluding steroid dienone is 1. The van der Waals surface area contributed by atoms with Gasteiger partial charge in [0.2, 0.25) is 0 Å². The van der Waals surface area contributed by atoms with Crippen molar-refractivity contribution in [1.82, 2.24) is 0 Å². The fourth-order valence-corrected chi connectivity index (χ4v) is 8.88. The number of furan rings is 1. The highest BCUT2D eigenvalue weighted by atomic mass is 16.3. The lowest BCUT2D eigenvalue weighted by atomic mass is 9.66. The van der Waals surface area contributed by atoms with E-state index in [2.05, 4.69) is 193 Å². The summed E-state index contributed by atoms with van der Waals surface area (Å²) in [5.41, 5.74) is 13.4. The zero-order valence-corrected chi connectivity index (χ0v) is 28.4. The predicted octanol–water partition coefficient (Wildman–Crippen LogP) is 13.8. The molecule has 52 heavy (non-hydrogen) atoms. The lowest BCUT2D eigenvalue weighted by Gasteiger charge is -2.36. The van der Waals surface area contributed by atoms with Gasteiger partial charge in [-0.1, -0.05) is 140 Å². The molecule has 8 aromatic carbocycles. The molecule has 2 heteroatoms. The van der Waals surface area contributed by atoms with Crippen LogP contribution in [0.25, 0.3) is 60.8 Å². The van der Waals surface area contributed by atoms with E-state index in [1.807, 2.05) is 0 Å². The van der Waals surface area contributed by atoms with Crippen LogP contribution in [0, 0.1) is 0 Å². The molecule has 2 aliphatic rings. The predicted molar refractivity (Wildman–Crippen MR) is 217 cm³/mol. The van der Waals surface area contributed by atoms with Crippen molar-refractivity contribution >= 4 is 55.7 Å². The first kappa shape index (κ1) is 29.1. The van der Waals surface area contributed by atoms with Crippen molar-refractivity contribution < 1.29 is 4.42 Å². The number of hydrogen-bond acceptors (Lipinski definition) is 2. The van der Waals surface area contributed by atoms with Crippen molar-refractivity contribution in [2.24, 2.45) is 0 Å². The van der Waals surface area contributed by atoms with Gasteiger partial charge in [-0.25, -0.2) is 0 Å². The molecule has 0 spiro atoms. The lowest BCUT2D eigenvalue weighted by molar-refractivity contribution is 0.580. The van der Waals surface area contributed by atoms with Crippen molar-refractivity contribution in [3.8, 4) is 22.3 Å². The van der Waals surface area contributed by atoms with Crippen molar-refractivity contribution in [2.45, 2.75) is 11.8 Å². The average Bonchev–Trinajstić information content (AvgIpc) is 3.60. The smallest absolute Gasteiger partial charge is 0.135 e. The molecular weight excluding hydrogens is 631 g/mol. The molecule has 2 aliphatic carbocycles. The molecule has 0 fully saturated rings. The summed E-state index contributed by atoms with van der Waals surface area (Å²) in [5, 5.41) is 6.11. The van der Waals surface area contributed by atoms with Crippen LogP contribution in [-0.4, -0.2) is 0 Å². The number of anilines is 3. The molecule has 1 heterocycles. The normalized spacial score (nSPS) is 15.6. The van der Waals surface area contributed by atoms with E-state index in [0.717, 1.165) is 28.4 Å². The SMILES string of the molecule is C1=C[C@H]2c3cc(-c4ccccc4N(c4ccc5ccccc5c4)c4ccc5ccccc5c4)ccc3-c3ccccc3C2c2c1oc1ccccc21. The number of benzene rings is 8. The minimum atomic E-state index is 0.171. The van der Waals surface area contributed by atoms with Crippen LogP contribution in [-0.2, 0) is 0 Å². The summed E-state index contributed by atoms with van der Waals surface area (Å²) in [7, 11) is 0. The van der Waals surface area contributed by atoms with Gasteiger partial charge in [-0.3, -0.25) is 0 Å². The molecular formula is C50H33NO. The summed E-state index contributed by atoms with van der Waals surface area (Å²) in [6, 6.07) is 64.3. The van der Waals surface area contributed by atoms with Gasteiger partial charge in [-0.15, -0.1) is 0 Å². The van der Waals surface area contributed by atoms with Crippen molar-refractivity contribution in [1.29, 1.82) is 0 Å². The minimum Gasteiger partial charge on any atom is -0.456 e. The summed E-state index contributed by atoms with van der Waals surface area (Å²) < 4.78 is 6.42. The third-order valence-electron chi connectivity index (χ3n) is 11.2. The van der Waals surface area contributed by atoms with Gasteiger partial charge in [0.25, 0.3) is 0 Å². The Morgan fingerprint density at radius 3 is 1.85 bits per heavy atom. The van der Waals surface area contributed by atoms with Crippen LogP contribution in [0.4, 0.5) is 17.1 Å². The number of fused-ring (bicyclic) bond motifs is 12. The third-order valence-corrected chi connectivity index (χ3v) is 11.2. The van der Waals surface area contributed by atoms with Crippen LogP contribution >= 0.6 is 0 Å². The molecule has 11 rings (SSSR count). The molecule has 0 radical (unpaired) electrons. The molecule has 1 unspecified atom stereocenters. The summed E-state index contributed by atoms with van der Waals surface area (Å²) in [6.07, 6.45) is 4.58. The molecule has 0 N–H and O–H groups in total. The Kier molecular flexibility index (Phi) is 6.41. The Hall–Kier alpha value is -6.64. The van der Waals surface area contributed by atoms with E-state index in [0.29, 0.717) is 0 Å². The minimum absolute atomic E-state index is 0.171. The van der Waals surface area contributed by atoms with Crippen LogP contribution in [0.15, 0.2) is 186 Å². The van der Waals surface area contributed by atoms with Gasteiger partial charge in [0.1, 0.15) is 11.3 Å². The summed E-state index contributed by atoms with van der Waals surface area (Å²) >= 11 is 0. The van der Waals surface area contributed by atoms with Crippen molar-refractivity contribution in [3.63, 3.8) is 0 Å².